The maximum Gasteiger partial charge on any atom is 0.243 e. The molecule has 1 aliphatic heterocycles. The number of carbonyl (C=O) groups is 3. The third-order valence-corrected chi connectivity index (χ3v) is 4.94. The molecule has 28 heavy (non-hydrogen) atoms. The molecule has 1 fully saturated rings. The van der Waals surface area contributed by atoms with Crippen LogP contribution in [0.1, 0.15) is 17.5 Å². The van der Waals surface area contributed by atoms with E-state index in [4.69, 9.17) is 0 Å². The second-order valence-corrected chi connectivity index (χ2v) is 6.87. The Hall–Kier alpha value is -3.22. The van der Waals surface area contributed by atoms with Crippen LogP contribution in [0.25, 0.3) is 0 Å². The van der Waals surface area contributed by atoms with Crippen molar-refractivity contribution in [1.82, 2.24) is 5.32 Å². The maximum absolute atomic E-state index is 13.9. The molecule has 3 rings (SSSR count). The number of nitrogens with zero attached hydrogens (tertiary/aromatic N) is 1. The van der Waals surface area contributed by atoms with Gasteiger partial charge in [0.2, 0.25) is 17.7 Å². The minimum atomic E-state index is -0.624. The summed E-state index contributed by atoms with van der Waals surface area (Å²) in [7, 11) is 0. The molecule has 0 unspecified atom stereocenters. The van der Waals surface area contributed by atoms with Crippen LogP contribution in [0.5, 0.6) is 0 Å². The third-order valence-electron chi connectivity index (χ3n) is 4.94. The number of rotatable bonds is 5. The van der Waals surface area contributed by atoms with E-state index in [1.54, 1.807) is 12.1 Å². The summed E-state index contributed by atoms with van der Waals surface area (Å²) in [5.41, 5.74) is 2.88. The van der Waals surface area contributed by atoms with E-state index in [0.717, 1.165) is 11.1 Å². The first kappa shape index (κ1) is 19.5. The topological polar surface area (TPSA) is 78.5 Å². The summed E-state index contributed by atoms with van der Waals surface area (Å²) in [4.78, 5) is 38.0. The molecule has 146 valence electrons. The van der Waals surface area contributed by atoms with Crippen LogP contribution >= 0.6 is 0 Å². The molecule has 0 saturated carbocycles. The van der Waals surface area contributed by atoms with Gasteiger partial charge in [0.25, 0.3) is 0 Å². The molecule has 0 radical (unpaired) electrons. The number of carbonyl (C=O) groups excluding carboxylic acids is 3. The number of halogens is 1. The summed E-state index contributed by atoms with van der Waals surface area (Å²) in [6.45, 7) is 3.75. The number of anilines is 2. The summed E-state index contributed by atoms with van der Waals surface area (Å²) >= 11 is 0. The van der Waals surface area contributed by atoms with Crippen LogP contribution in [-0.2, 0) is 14.4 Å². The molecule has 1 saturated heterocycles. The zero-order valence-electron chi connectivity index (χ0n) is 15.8. The van der Waals surface area contributed by atoms with Crippen LogP contribution in [0.4, 0.5) is 15.8 Å². The van der Waals surface area contributed by atoms with Gasteiger partial charge in [-0.05, 0) is 43.2 Å². The molecule has 7 heteroatoms. The minimum Gasteiger partial charge on any atom is -0.347 e. The zero-order chi connectivity index (χ0) is 20.3. The Morgan fingerprint density at radius 3 is 2.64 bits per heavy atom. The van der Waals surface area contributed by atoms with E-state index >= 15 is 0 Å². The fourth-order valence-electron chi connectivity index (χ4n) is 3.18. The van der Waals surface area contributed by atoms with Gasteiger partial charge < -0.3 is 15.5 Å². The second-order valence-electron chi connectivity index (χ2n) is 6.87. The first-order chi connectivity index (χ1) is 13.4. The van der Waals surface area contributed by atoms with Gasteiger partial charge in [0.1, 0.15) is 5.82 Å². The van der Waals surface area contributed by atoms with E-state index in [1.165, 1.54) is 23.1 Å². The summed E-state index contributed by atoms with van der Waals surface area (Å²) in [5, 5.41) is 5.33. The molecular weight excluding hydrogens is 361 g/mol. The van der Waals surface area contributed by atoms with Crippen LogP contribution < -0.4 is 15.5 Å². The summed E-state index contributed by atoms with van der Waals surface area (Å²) < 4.78 is 13.9. The fraction of sp³-hybridized carbons (Fsp3) is 0.286. The van der Waals surface area contributed by atoms with Gasteiger partial charge in [-0.25, -0.2) is 4.39 Å². The van der Waals surface area contributed by atoms with Crippen molar-refractivity contribution in [3.05, 3.63) is 59.4 Å². The predicted molar refractivity (Wildman–Crippen MR) is 104 cm³/mol. The molecular formula is C21H22FN3O3. The van der Waals surface area contributed by atoms with Crippen LogP contribution in [0.3, 0.4) is 0 Å². The van der Waals surface area contributed by atoms with Crippen molar-refractivity contribution in [3.8, 4) is 0 Å². The van der Waals surface area contributed by atoms with Crippen molar-refractivity contribution in [2.24, 2.45) is 5.92 Å². The second kappa shape index (κ2) is 8.21. The average Bonchev–Trinajstić information content (AvgIpc) is 3.05. The summed E-state index contributed by atoms with van der Waals surface area (Å²) in [6.07, 6.45) is -0.0151. The highest BCUT2D eigenvalue weighted by molar-refractivity contribution is 6.01. The molecule has 0 bridgehead atoms. The van der Waals surface area contributed by atoms with Gasteiger partial charge in [0.15, 0.2) is 0 Å². The molecule has 2 aromatic carbocycles. The number of amides is 3. The highest BCUT2D eigenvalue weighted by atomic mass is 19.1. The Morgan fingerprint density at radius 1 is 1.14 bits per heavy atom. The van der Waals surface area contributed by atoms with Gasteiger partial charge in [-0.1, -0.05) is 24.3 Å². The number of benzene rings is 2. The lowest BCUT2D eigenvalue weighted by Crippen LogP contribution is -2.38. The largest absolute Gasteiger partial charge is 0.347 e. The molecule has 1 heterocycles. The standard InChI is InChI=1S/C21H22FN3O3/c1-13-6-5-8-17(14(13)2)24-19(26)11-23-21(28)15-10-20(27)25(12-15)18-9-4-3-7-16(18)22/h3-9,15H,10-12H2,1-2H3,(H,23,28)(H,24,26)/t15-/m1/s1. The van der Waals surface area contributed by atoms with Crippen molar-refractivity contribution < 1.29 is 18.8 Å². The van der Waals surface area contributed by atoms with E-state index in [2.05, 4.69) is 10.6 Å². The average molecular weight is 383 g/mol. The Kier molecular flexibility index (Phi) is 5.73. The van der Waals surface area contributed by atoms with Crippen LogP contribution in [-0.4, -0.2) is 30.8 Å². The van der Waals surface area contributed by atoms with Crippen molar-refractivity contribution in [3.63, 3.8) is 0 Å². The molecule has 3 amide bonds. The first-order valence-corrected chi connectivity index (χ1v) is 9.05. The van der Waals surface area contributed by atoms with Crippen LogP contribution in [0.15, 0.2) is 42.5 Å². The molecule has 0 spiro atoms. The van der Waals surface area contributed by atoms with Gasteiger partial charge >= 0.3 is 0 Å². The number of aryl methyl sites for hydroxylation is 1. The molecule has 0 aromatic heterocycles. The lowest BCUT2D eigenvalue weighted by Gasteiger charge is -2.17. The Labute approximate surface area is 162 Å². The lowest BCUT2D eigenvalue weighted by molar-refractivity contribution is -0.127. The monoisotopic (exact) mass is 383 g/mol. The van der Waals surface area contributed by atoms with Gasteiger partial charge in [-0.2, -0.15) is 0 Å². The van der Waals surface area contributed by atoms with Gasteiger partial charge in [-0.15, -0.1) is 0 Å². The smallest absolute Gasteiger partial charge is 0.243 e. The number of hydrogen-bond donors (Lipinski definition) is 2. The highest BCUT2D eigenvalue weighted by Crippen LogP contribution is 2.27. The normalized spacial score (nSPS) is 16.2. The fourth-order valence-corrected chi connectivity index (χ4v) is 3.18. The SMILES string of the molecule is Cc1cccc(NC(=O)CNC(=O)[C@@H]2CC(=O)N(c3ccccc3F)C2)c1C. The quantitative estimate of drug-likeness (QED) is 0.833. The van der Waals surface area contributed by atoms with E-state index in [9.17, 15) is 18.8 Å². The zero-order valence-corrected chi connectivity index (χ0v) is 15.8. The van der Waals surface area contributed by atoms with E-state index in [-0.39, 0.29) is 37.0 Å². The Balaban J connectivity index is 1.55. The summed E-state index contributed by atoms with van der Waals surface area (Å²) in [6, 6.07) is 11.5. The van der Waals surface area contributed by atoms with Crippen molar-refractivity contribution in [2.45, 2.75) is 20.3 Å². The minimum absolute atomic E-state index is 0.0151. The molecule has 2 N–H and O–H groups in total. The lowest BCUT2D eigenvalue weighted by atomic mass is 10.1. The van der Waals surface area contributed by atoms with Gasteiger partial charge in [0.05, 0.1) is 18.2 Å². The van der Waals surface area contributed by atoms with Crippen LogP contribution in [0, 0.1) is 25.6 Å². The van der Waals surface area contributed by atoms with E-state index < -0.39 is 17.6 Å². The summed E-state index contributed by atoms with van der Waals surface area (Å²) in [5.74, 6) is -2.20. The van der Waals surface area contributed by atoms with Crippen molar-refractivity contribution in [2.75, 3.05) is 23.3 Å². The number of para-hydroxylation sites is 1. The first-order valence-electron chi connectivity index (χ1n) is 9.05. The molecule has 0 aliphatic carbocycles. The van der Waals surface area contributed by atoms with Crippen molar-refractivity contribution >= 4 is 29.1 Å². The molecule has 1 atom stereocenters. The number of hydrogen-bond acceptors (Lipinski definition) is 3. The number of nitrogens with one attached hydrogen (secondary N) is 2. The van der Waals surface area contributed by atoms with E-state index in [1.807, 2.05) is 26.0 Å². The Bertz CT molecular complexity index is 929. The highest BCUT2D eigenvalue weighted by Gasteiger charge is 2.36. The van der Waals surface area contributed by atoms with Gasteiger partial charge in [-0.3, -0.25) is 14.4 Å². The Morgan fingerprint density at radius 2 is 1.89 bits per heavy atom. The molecule has 2 aromatic rings. The third kappa shape index (κ3) is 4.19. The molecule has 1 aliphatic rings. The van der Waals surface area contributed by atoms with Crippen LogP contribution in [0.2, 0.25) is 0 Å². The van der Waals surface area contributed by atoms with Crippen molar-refractivity contribution in [1.29, 1.82) is 0 Å². The van der Waals surface area contributed by atoms with E-state index in [0.29, 0.717) is 5.69 Å². The maximum atomic E-state index is 13.9. The molecule has 6 nitrogen and oxygen atoms in total. The van der Waals surface area contributed by atoms with Gasteiger partial charge in [0, 0.05) is 18.7 Å². The predicted octanol–water partition coefficient (Wildman–Crippen LogP) is 2.55.